The van der Waals surface area contributed by atoms with E-state index in [1.807, 2.05) is 13.8 Å². The second-order valence-corrected chi connectivity index (χ2v) is 6.44. The Morgan fingerprint density at radius 1 is 1.47 bits per heavy atom. The van der Waals surface area contributed by atoms with Crippen LogP contribution >= 0.6 is 0 Å². The van der Waals surface area contributed by atoms with Gasteiger partial charge in [0.2, 0.25) is 5.91 Å². The van der Waals surface area contributed by atoms with Crippen molar-refractivity contribution < 1.29 is 13.2 Å². The lowest BCUT2D eigenvalue weighted by Gasteiger charge is -2.21. The van der Waals surface area contributed by atoms with Gasteiger partial charge in [0.25, 0.3) is 10.0 Å². The van der Waals surface area contributed by atoms with Crippen LogP contribution in [-0.4, -0.2) is 52.8 Å². The Kier molecular flexibility index (Phi) is 3.59. The Morgan fingerprint density at radius 2 is 2.16 bits per heavy atom. The van der Waals surface area contributed by atoms with Crippen molar-refractivity contribution in [2.45, 2.75) is 37.4 Å². The third-order valence-corrected chi connectivity index (χ3v) is 4.62. The lowest BCUT2D eigenvalue weighted by Crippen LogP contribution is -2.43. The van der Waals surface area contributed by atoms with Crippen molar-refractivity contribution >= 4 is 15.9 Å². The van der Waals surface area contributed by atoms with Crippen LogP contribution in [0.15, 0.2) is 11.2 Å². The van der Waals surface area contributed by atoms with E-state index in [2.05, 4.69) is 15.0 Å². The molecule has 1 aromatic rings. The zero-order valence-electron chi connectivity index (χ0n) is 11.1. The molecule has 0 aromatic carbocycles. The van der Waals surface area contributed by atoms with Crippen LogP contribution in [0.2, 0.25) is 0 Å². The van der Waals surface area contributed by atoms with Crippen molar-refractivity contribution in [2.75, 3.05) is 6.54 Å². The van der Waals surface area contributed by atoms with Gasteiger partial charge in [0, 0.05) is 19.6 Å². The van der Waals surface area contributed by atoms with Crippen molar-refractivity contribution in [3.8, 4) is 0 Å². The molecule has 19 heavy (non-hydrogen) atoms. The van der Waals surface area contributed by atoms with Gasteiger partial charge in [0.1, 0.15) is 6.04 Å². The maximum Gasteiger partial charge on any atom is 0.260 e. The van der Waals surface area contributed by atoms with Gasteiger partial charge >= 0.3 is 0 Å². The van der Waals surface area contributed by atoms with E-state index in [1.165, 1.54) is 7.05 Å². The van der Waals surface area contributed by atoms with Crippen LogP contribution < -0.4 is 4.72 Å². The Balaban J connectivity index is 2.15. The molecule has 0 aliphatic carbocycles. The second kappa shape index (κ2) is 4.89. The Labute approximate surface area is 111 Å². The minimum atomic E-state index is -3.77. The van der Waals surface area contributed by atoms with Gasteiger partial charge in [-0.1, -0.05) is 5.21 Å². The molecule has 1 fully saturated rings. The molecule has 0 saturated carbocycles. The molecule has 106 valence electrons. The van der Waals surface area contributed by atoms with Crippen molar-refractivity contribution in [2.24, 2.45) is 7.05 Å². The number of likely N-dealkylation sites (tertiary alicyclic amines) is 1. The van der Waals surface area contributed by atoms with Gasteiger partial charge in [-0.3, -0.25) is 4.79 Å². The first kappa shape index (κ1) is 13.9. The zero-order chi connectivity index (χ0) is 14.2. The third kappa shape index (κ3) is 2.61. The molecule has 1 atom stereocenters. The van der Waals surface area contributed by atoms with Crippen molar-refractivity contribution in [3.63, 3.8) is 0 Å². The summed E-state index contributed by atoms with van der Waals surface area (Å²) in [6.45, 7) is 4.37. The van der Waals surface area contributed by atoms with Crippen LogP contribution in [0.4, 0.5) is 0 Å². The molecule has 1 aliphatic rings. The number of sulfonamides is 1. The van der Waals surface area contributed by atoms with Crippen LogP contribution in [0.3, 0.4) is 0 Å². The normalized spacial score (nSPS) is 20.5. The number of rotatable bonds is 4. The van der Waals surface area contributed by atoms with Crippen LogP contribution in [0.5, 0.6) is 0 Å². The fourth-order valence-corrected chi connectivity index (χ4v) is 3.38. The van der Waals surface area contributed by atoms with Gasteiger partial charge in [-0.2, -0.15) is 4.72 Å². The highest BCUT2D eigenvalue weighted by Gasteiger charge is 2.36. The van der Waals surface area contributed by atoms with Gasteiger partial charge in [-0.25, -0.2) is 13.1 Å². The summed E-state index contributed by atoms with van der Waals surface area (Å²) >= 11 is 0. The first-order valence-electron chi connectivity index (χ1n) is 6.00. The zero-order valence-corrected chi connectivity index (χ0v) is 11.9. The number of aryl methyl sites for hydroxylation is 1. The van der Waals surface area contributed by atoms with Gasteiger partial charge in [0.05, 0.1) is 6.20 Å². The van der Waals surface area contributed by atoms with Gasteiger partial charge in [-0.05, 0) is 20.3 Å². The molecule has 2 heterocycles. The molecule has 1 saturated heterocycles. The number of nitrogens with one attached hydrogen (secondary N) is 1. The molecular weight excluding hydrogens is 270 g/mol. The highest BCUT2D eigenvalue weighted by atomic mass is 32.2. The number of hydrogen-bond donors (Lipinski definition) is 1. The maximum atomic E-state index is 12.1. The predicted octanol–water partition coefficient (Wildman–Crippen LogP) is -0.897. The standard InChI is InChI=1S/C10H17N5O3S/c1-7(2)15-5-4-8(10(15)16)12-19(17,18)9-6-11-13-14(9)3/h6-8,12H,4-5H2,1-3H3. The summed E-state index contributed by atoms with van der Waals surface area (Å²) in [5.41, 5.74) is 0. The summed E-state index contributed by atoms with van der Waals surface area (Å²) < 4.78 is 27.8. The van der Waals surface area contributed by atoms with E-state index in [-0.39, 0.29) is 17.0 Å². The van der Waals surface area contributed by atoms with Gasteiger partial charge in [0.15, 0.2) is 5.03 Å². The number of hydrogen-bond acceptors (Lipinski definition) is 5. The minimum absolute atomic E-state index is 0.0525. The quantitative estimate of drug-likeness (QED) is 0.774. The van der Waals surface area contributed by atoms with E-state index in [4.69, 9.17) is 0 Å². The van der Waals surface area contributed by atoms with E-state index >= 15 is 0 Å². The van der Waals surface area contributed by atoms with Crippen LogP contribution in [0.25, 0.3) is 0 Å². The number of amides is 1. The molecule has 0 radical (unpaired) electrons. The Bertz CT molecular complexity index is 580. The van der Waals surface area contributed by atoms with Gasteiger partial charge < -0.3 is 4.90 Å². The molecule has 9 heteroatoms. The smallest absolute Gasteiger partial charge is 0.260 e. The molecule has 1 N–H and O–H groups in total. The number of nitrogens with zero attached hydrogens (tertiary/aromatic N) is 4. The van der Waals surface area contributed by atoms with Crippen LogP contribution in [-0.2, 0) is 21.9 Å². The molecule has 1 unspecified atom stereocenters. The number of carbonyl (C=O) groups excluding carboxylic acids is 1. The molecule has 8 nitrogen and oxygen atoms in total. The van der Waals surface area contributed by atoms with E-state index in [9.17, 15) is 13.2 Å². The first-order chi connectivity index (χ1) is 8.83. The largest absolute Gasteiger partial charge is 0.339 e. The third-order valence-electron chi connectivity index (χ3n) is 3.11. The summed E-state index contributed by atoms with van der Waals surface area (Å²) in [6.07, 6.45) is 1.63. The van der Waals surface area contributed by atoms with E-state index < -0.39 is 16.1 Å². The maximum absolute atomic E-state index is 12.1. The summed E-state index contributed by atoms with van der Waals surface area (Å²) in [5.74, 6) is -0.186. The molecule has 1 amide bonds. The fraction of sp³-hybridized carbons (Fsp3) is 0.700. The Hall–Kier alpha value is -1.48. The highest BCUT2D eigenvalue weighted by Crippen LogP contribution is 2.16. The lowest BCUT2D eigenvalue weighted by atomic mass is 10.3. The second-order valence-electron chi connectivity index (χ2n) is 4.78. The molecule has 1 aliphatic heterocycles. The molecule has 0 bridgehead atoms. The molecule has 2 rings (SSSR count). The van der Waals surface area contributed by atoms with Crippen molar-refractivity contribution in [1.29, 1.82) is 0 Å². The van der Waals surface area contributed by atoms with Crippen LogP contribution in [0, 0.1) is 0 Å². The highest BCUT2D eigenvalue weighted by molar-refractivity contribution is 7.89. The molecule has 1 aromatic heterocycles. The monoisotopic (exact) mass is 287 g/mol. The average Bonchev–Trinajstić information content (AvgIpc) is 2.86. The summed E-state index contributed by atoms with van der Waals surface area (Å²) in [7, 11) is -2.29. The molecular formula is C10H17N5O3S. The number of aromatic nitrogens is 3. The van der Waals surface area contributed by atoms with Crippen molar-refractivity contribution in [3.05, 3.63) is 6.20 Å². The Morgan fingerprint density at radius 3 is 2.63 bits per heavy atom. The number of carbonyl (C=O) groups is 1. The minimum Gasteiger partial charge on any atom is -0.339 e. The first-order valence-corrected chi connectivity index (χ1v) is 7.48. The summed E-state index contributed by atoms with van der Waals surface area (Å²) in [4.78, 5) is 13.7. The fourth-order valence-electron chi connectivity index (χ4n) is 2.10. The molecule has 0 spiro atoms. The van der Waals surface area contributed by atoms with E-state index in [1.54, 1.807) is 4.90 Å². The lowest BCUT2D eigenvalue weighted by molar-refractivity contribution is -0.130. The predicted molar refractivity (Wildman–Crippen MR) is 66.6 cm³/mol. The average molecular weight is 287 g/mol. The van der Waals surface area contributed by atoms with E-state index in [0.717, 1.165) is 10.9 Å². The SMILES string of the molecule is CC(C)N1CCC(NS(=O)(=O)c2cnnn2C)C1=O. The van der Waals surface area contributed by atoms with E-state index in [0.29, 0.717) is 13.0 Å². The van der Waals surface area contributed by atoms with Crippen LogP contribution in [0.1, 0.15) is 20.3 Å². The summed E-state index contributed by atoms with van der Waals surface area (Å²) in [6, 6.07) is -0.636. The van der Waals surface area contributed by atoms with Crippen molar-refractivity contribution in [1.82, 2.24) is 24.6 Å². The van der Waals surface area contributed by atoms with Gasteiger partial charge in [-0.15, -0.1) is 5.10 Å². The summed E-state index contributed by atoms with van der Waals surface area (Å²) in [5, 5.41) is 7.04. The topological polar surface area (TPSA) is 97.2 Å².